The van der Waals surface area contributed by atoms with E-state index in [0.717, 1.165) is 6.07 Å². The molecule has 0 aliphatic carbocycles. The molecule has 1 aliphatic heterocycles. The lowest BCUT2D eigenvalue weighted by Gasteiger charge is -2.28. The standard InChI is InChI=1S/C23H31F2N7O4/c1-12(2)10-17(13(3)28-23(34)35)30-21-15(24)11-14(19(26)33)20(31-21)29-16-4-5-27-22(18(16)25)32-6-8-36-9-7-32/h4-5,11-13,17,28H,6-10H2,1-3H3,(H2,26,33)(H,34,35)(H2,27,29,30,31)/t13-,17-/m0/s1. The van der Waals surface area contributed by atoms with Crippen LogP contribution < -0.4 is 26.6 Å². The van der Waals surface area contributed by atoms with E-state index in [4.69, 9.17) is 15.6 Å². The van der Waals surface area contributed by atoms with E-state index in [1.165, 1.54) is 12.3 Å². The lowest BCUT2D eigenvalue weighted by molar-refractivity contribution is 0.1000. The van der Waals surface area contributed by atoms with Crippen molar-refractivity contribution in [1.29, 1.82) is 0 Å². The van der Waals surface area contributed by atoms with Crippen LogP contribution in [0.3, 0.4) is 0 Å². The molecule has 3 heterocycles. The number of nitrogens with one attached hydrogen (secondary N) is 3. The molecule has 0 saturated carbocycles. The van der Waals surface area contributed by atoms with Crippen molar-refractivity contribution < 1.29 is 28.2 Å². The summed E-state index contributed by atoms with van der Waals surface area (Å²) in [7, 11) is 0. The largest absolute Gasteiger partial charge is 0.465 e. The fourth-order valence-electron chi connectivity index (χ4n) is 3.89. The molecule has 196 valence electrons. The average molecular weight is 508 g/mol. The number of carbonyl (C=O) groups is 2. The van der Waals surface area contributed by atoms with Crippen molar-refractivity contribution in [1.82, 2.24) is 15.3 Å². The predicted molar refractivity (Wildman–Crippen MR) is 131 cm³/mol. The second-order valence-electron chi connectivity index (χ2n) is 8.92. The van der Waals surface area contributed by atoms with Crippen LogP contribution in [0.2, 0.25) is 0 Å². The number of pyridine rings is 2. The molecule has 0 spiro atoms. The van der Waals surface area contributed by atoms with Gasteiger partial charge in [-0.15, -0.1) is 0 Å². The number of amides is 2. The fraction of sp³-hybridized carbons (Fsp3) is 0.478. The number of nitrogens with zero attached hydrogens (tertiary/aromatic N) is 3. The maximum absolute atomic E-state index is 15.3. The van der Waals surface area contributed by atoms with E-state index in [1.807, 2.05) is 13.8 Å². The number of carbonyl (C=O) groups excluding carboxylic acids is 1. The van der Waals surface area contributed by atoms with Gasteiger partial charge in [0, 0.05) is 31.4 Å². The number of morpholine rings is 1. The van der Waals surface area contributed by atoms with Crippen LogP contribution >= 0.6 is 0 Å². The summed E-state index contributed by atoms with van der Waals surface area (Å²) in [6.45, 7) is 7.31. The Morgan fingerprint density at radius 3 is 2.53 bits per heavy atom. The van der Waals surface area contributed by atoms with Crippen LogP contribution in [0.15, 0.2) is 18.3 Å². The molecule has 1 fully saturated rings. The van der Waals surface area contributed by atoms with Crippen molar-refractivity contribution in [2.75, 3.05) is 41.8 Å². The molecule has 13 heteroatoms. The van der Waals surface area contributed by atoms with Gasteiger partial charge in [0.05, 0.1) is 24.5 Å². The molecule has 6 N–H and O–H groups in total. The van der Waals surface area contributed by atoms with Gasteiger partial charge in [-0.1, -0.05) is 13.8 Å². The number of nitrogens with two attached hydrogens (primary N) is 1. The minimum absolute atomic E-state index is 0.0290. The van der Waals surface area contributed by atoms with E-state index >= 15 is 4.39 Å². The number of halogens is 2. The summed E-state index contributed by atoms with van der Waals surface area (Å²) in [5.41, 5.74) is 5.13. The van der Waals surface area contributed by atoms with Crippen LogP contribution in [0.4, 0.5) is 36.7 Å². The molecule has 2 amide bonds. The maximum atomic E-state index is 15.3. The number of ether oxygens (including phenoxy) is 1. The second kappa shape index (κ2) is 11.8. The van der Waals surface area contributed by atoms with E-state index in [9.17, 15) is 14.0 Å². The summed E-state index contributed by atoms with van der Waals surface area (Å²) in [5, 5.41) is 17.1. The zero-order valence-electron chi connectivity index (χ0n) is 20.3. The van der Waals surface area contributed by atoms with Gasteiger partial charge in [-0.25, -0.2) is 23.5 Å². The molecule has 0 aromatic carbocycles. The number of carboxylic acid groups (broad SMARTS) is 1. The van der Waals surface area contributed by atoms with Gasteiger partial charge < -0.3 is 36.4 Å². The number of aromatic nitrogens is 2. The fourth-order valence-corrected chi connectivity index (χ4v) is 3.89. The molecule has 2 aromatic rings. The molecule has 3 rings (SSSR count). The molecular weight excluding hydrogens is 476 g/mol. The first-order valence-electron chi connectivity index (χ1n) is 11.6. The van der Waals surface area contributed by atoms with E-state index in [-0.39, 0.29) is 34.6 Å². The second-order valence-corrected chi connectivity index (χ2v) is 8.92. The number of anilines is 4. The van der Waals surface area contributed by atoms with Crippen molar-refractivity contribution in [2.24, 2.45) is 11.7 Å². The summed E-state index contributed by atoms with van der Waals surface area (Å²) in [6.07, 6.45) is 0.674. The quantitative estimate of drug-likeness (QED) is 0.326. The lowest BCUT2D eigenvalue weighted by Crippen LogP contribution is -2.45. The Hall–Kier alpha value is -3.74. The van der Waals surface area contributed by atoms with Crippen molar-refractivity contribution in [3.63, 3.8) is 0 Å². The zero-order valence-corrected chi connectivity index (χ0v) is 20.3. The van der Waals surface area contributed by atoms with Crippen molar-refractivity contribution in [3.8, 4) is 0 Å². The van der Waals surface area contributed by atoms with Crippen molar-refractivity contribution in [2.45, 2.75) is 39.3 Å². The predicted octanol–water partition coefficient (Wildman–Crippen LogP) is 2.92. The molecule has 0 bridgehead atoms. The summed E-state index contributed by atoms with van der Waals surface area (Å²) in [5.74, 6) is -2.65. The van der Waals surface area contributed by atoms with Gasteiger partial charge >= 0.3 is 6.09 Å². The first kappa shape index (κ1) is 26.9. The molecular formula is C23H31F2N7O4. The molecule has 0 unspecified atom stereocenters. The van der Waals surface area contributed by atoms with Crippen LogP contribution in [0.25, 0.3) is 0 Å². The number of rotatable bonds is 10. The van der Waals surface area contributed by atoms with Crippen LogP contribution in [-0.2, 0) is 4.74 Å². The highest BCUT2D eigenvalue weighted by Crippen LogP contribution is 2.29. The first-order valence-corrected chi connectivity index (χ1v) is 11.6. The van der Waals surface area contributed by atoms with Crippen LogP contribution in [0.5, 0.6) is 0 Å². The summed E-state index contributed by atoms with van der Waals surface area (Å²) in [6, 6.07) is 1.15. The van der Waals surface area contributed by atoms with Gasteiger partial charge in [0.15, 0.2) is 23.3 Å². The highest BCUT2D eigenvalue weighted by Gasteiger charge is 2.25. The Labute approximate surface area is 207 Å². The van der Waals surface area contributed by atoms with Gasteiger partial charge in [0.2, 0.25) is 0 Å². The van der Waals surface area contributed by atoms with E-state index in [2.05, 4.69) is 25.9 Å². The normalized spacial score (nSPS) is 15.3. The summed E-state index contributed by atoms with van der Waals surface area (Å²) in [4.78, 5) is 33.2. The van der Waals surface area contributed by atoms with Crippen LogP contribution in [0, 0.1) is 17.6 Å². The third-order valence-corrected chi connectivity index (χ3v) is 5.68. The van der Waals surface area contributed by atoms with Gasteiger partial charge in [-0.2, -0.15) is 0 Å². The Morgan fingerprint density at radius 1 is 1.22 bits per heavy atom. The van der Waals surface area contributed by atoms with Crippen molar-refractivity contribution in [3.05, 3.63) is 35.5 Å². The SMILES string of the molecule is CC(C)C[C@H](Nc1nc(Nc2ccnc(N3CCOCC3)c2F)c(C(N)=O)cc1F)[C@H](C)NC(=O)O. The molecule has 0 radical (unpaired) electrons. The lowest BCUT2D eigenvalue weighted by atomic mass is 9.98. The summed E-state index contributed by atoms with van der Waals surface area (Å²) < 4.78 is 35.6. The monoisotopic (exact) mass is 507 g/mol. The Bertz CT molecular complexity index is 1100. The Morgan fingerprint density at radius 2 is 1.92 bits per heavy atom. The van der Waals surface area contributed by atoms with Gasteiger partial charge in [-0.3, -0.25) is 4.79 Å². The minimum atomic E-state index is -1.22. The molecule has 11 nitrogen and oxygen atoms in total. The highest BCUT2D eigenvalue weighted by molar-refractivity contribution is 5.98. The van der Waals surface area contributed by atoms with E-state index in [1.54, 1.807) is 11.8 Å². The average Bonchev–Trinajstić information content (AvgIpc) is 2.81. The highest BCUT2D eigenvalue weighted by atomic mass is 19.1. The molecule has 1 saturated heterocycles. The molecule has 1 aliphatic rings. The van der Waals surface area contributed by atoms with Crippen LogP contribution in [0.1, 0.15) is 37.6 Å². The van der Waals surface area contributed by atoms with E-state index < -0.39 is 35.7 Å². The Balaban J connectivity index is 1.95. The smallest absolute Gasteiger partial charge is 0.404 e. The van der Waals surface area contributed by atoms with Crippen molar-refractivity contribution >= 4 is 35.1 Å². The van der Waals surface area contributed by atoms with Gasteiger partial charge in [0.1, 0.15) is 5.82 Å². The summed E-state index contributed by atoms with van der Waals surface area (Å²) >= 11 is 0. The first-order chi connectivity index (χ1) is 17.1. The van der Waals surface area contributed by atoms with Crippen LogP contribution in [-0.4, -0.2) is 65.5 Å². The zero-order chi connectivity index (χ0) is 26.4. The maximum Gasteiger partial charge on any atom is 0.404 e. The Kier molecular flexibility index (Phi) is 8.80. The number of primary amides is 1. The number of hydrogen-bond acceptors (Lipinski definition) is 8. The third kappa shape index (κ3) is 6.68. The number of hydrogen-bond donors (Lipinski definition) is 5. The minimum Gasteiger partial charge on any atom is -0.465 e. The van der Waals surface area contributed by atoms with E-state index in [0.29, 0.717) is 32.7 Å². The third-order valence-electron chi connectivity index (χ3n) is 5.68. The van der Waals surface area contributed by atoms with Gasteiger partial charge in [0.25, 0.3) is 5.91 Å². The topological polar surface area (TPSA) is 155 Å². The molecule has 2 aromatic heterocycles. The molecule has 2 atom stereocenters. The van der Waals surface area contributed by atoms with Gasteiger partial charge in [-0.05, 0) is 31.4 Å². The molecule has 36 heavy (non-hydrogen) atoms.